The molecule has 7 nitrogen and oxygen atoms in total. The van der Waals surface area contributed by atoms with E-state index >= 15 is 0 Å². The zero-order valence-corrected chi connectivity index (χ0v) is 16.2. The monoisotopic (exact) mass is 445 g/mol. The molecule has 0 spiro atoms. The first-order valence-electron chi connectivity index (χ1n) is 8.11. The number of amides is 3. The van der Waals surface area contributed by atoms with Crippen molar-refractivity contribution < 1.29 is 28.3 Å². The first-order valence-corrected chi connectivity index (χ1v) is 8.87. The topological polar surface area (TPSA) is 108 Å². The number of carboxylic acids is 1. The molecule has 11 heteroatoms. The van der Waals surface area contributed by atoms with Crippen molar-refractivity contribution in [1.82, 2.24) is 16.0 Å². The van der Waals surface area contributed by atoms with Gasteiger partial charge >= 0.3 is 12.0 Å². The minimum absolute atomic E-state index is 0.0344. The second-order valence-corrected chi connectivity index (χ2v) is 6.62. The van der Waals surface area contributed by atoms with Crippen LogP contribution in [-0.2, 0) is 11.3 Å². The second-order valence-electron chi connectivity index (χ2n) is 5.80. The maximum absolute atomic E-state index is 13.1. The van der Waals surface area contributed by atoms with Gasteiger partial charge in [0.05, 0.1) is 22.2 Å². The second kappa shape index (κ2) is 10.0. The molecule has 0 heterocycles. The fraction of sp³-hybridized carbons (Fsp3) is 0.167. The predicted octanol–water partition coefficient (Wildman–Crippen LogP) is 2.95. The maximum atomic E-state index is 13.1. The standard InChI is InChI=1S/C18H15Cl2F2N3O4/c19-12-2-1-3-13(20)15(12)16(26)25-14(17(27)28)8-24-18(29)23-7-9-4-10(21)6-11(22)5-9/h1-6,14H,7-8H2,(H,25,26)(H,27,28)(H2,23,24,29)/t14-/m0/s1. The molecule has 3 amide bonds. The molecule has 0 aliphatic heterocycles. The van der Waals surface area contributed by atoms with Crippen LogP contribution in [0.1, 0.15) is 15.9 Å². The van der Waals surface area contributed by atoms with E-state index in [2.05, 4.69) is 16.0 Å². The number of carbonyl (C=O) groups excluding carboxylic acids is 2. The third-order valence-electron chi connectivity index (χ3n) is 3.64. The molecule has 4 N–H and O–H groups in total. The van der Waals surface area contributed by atoms with Crippen LogP contribution < -0.4 is 16.0 Å². The summed E-state index contributed by atoms with van der Waals surface area (Å²) in [6.45, 7) is -0.660. The van der Waals surface area contributed by atoms with Crippen molar-refractivity contribution in [2.75, 3.05) is 6.54 Å². The highest BCUT2D eigenvalue weighted by Gasteiger charge is 2.24. The van der Waals surface area contributed by atoms with Gasteiger partial charge in [-0.05, 0) is 29.8 Å². The largest absolute Gasteiger partial charge is 0.480 e. The molecule has 0 aliphatic carbocycles. The number of carboxylic acid groups (broad SMARTS) is 1. The number of halogens is 4. The maximum Gasteiger partial charge on any atom is 0.328 e. The summed E-state index contributed by atoms with van der Waals surface area (Å²) in [5.74, 6) is -3.83. The molecule has 154 valence electrons. The van der Waals surface area contributed by atoms with Crippen molar-refractivity contribution in [2.45, 2.75) is 12.6 Å². The van der Waals surface area contributed by atoms with Gasteiger partial charge in [-0.2, -0.15) is 0 Å². The number of carbonyl (C=O) groups is 3. The van der Waals surface area contributed by atoms with Crippen LogP contribution in [0, 0.1) is 11.6 Å². The molecule has 29 heavy (non-hydrogen) atoms. The number of aliphatic carboxylic acids is 1. The third kappa shape index (κ3) is 6.58. The Morgan fingerprint density at radius 3 is 2.14 bits per heavy atom. The fourth-order valence-electron chi connectivity index (χ4n) is 2.30. The van der Waals surface area contributed by atoms with Gasteiger partial charge in [0.25, 0.3) is 5.91 Å². The normalized spacial score (nSPS) is 11.4. The lowest BCUT2D eigenvalue weighted by atomic mass is 10.2. The number of benzene rings is 2. The zero-order valence-electron chi connectivity index (χ0n) is 14.6. The van der Waals surface area contributed by atoms with E-state index < -0.39 is 42.1 Å². The van der Waals surface area contributed by atoms with Crippen LogP contribution in [0.2, 0.25) is 10.0 Å². The molecule has 0 aromatic heterocycles. The highest BCUT2D eigenvalue weighted by atomic mass is 35.5. The van der Waals surface area contributed by atoms with Crippen molar-refractivity contribution in [3.05, 3.63) is 69.2 Å². The molecule has 1 atom stereocenters. The first-order chi connectivity index (χ1) is 13.7. The highest BCUT2D eigenvalue weighted by Crippen LogP contribution is 2.24. The Morgan fingerprint density at radius 1 is 1.00 bits per heavy atom. The van der Waals surface area contributed by atoms with E-state index in [9.17, 15) is 28.3 Å². The Bertz CT molecular complexity index is 903. The highest BCUT2D eigenvalue weighted by molar-refractivity contribution is 6.39. The summed E-state index contributed by atoms with van der Waals surface area (Å²) in [6.07, 6.45) is 0. The molecule has 2 rings (SSSR count). The molecule has 0 saturated heterocycles. The Kier molecular flexibility index (Phi) is 7.74. The Balaban J connectivity index is 1.92. The predicted molar refractivity (Wildman–Crippen MR) is 102 cm³/mol. The quantitative estimate of drug-likeness (QED) is 0.525. The molecule has 0 radical (unpaired) electrons. The molecule has 0 unspecified atom stereocenters. The fourth-order valence-corrected chi connectivity index (χ4v) is 2.87. The van der Waals surface area contributed by atoms with Gasteiger partial charge in [0.2, 0.25) is 0 Å². The van der Waals surface area contributed by atoms with E-state index in [1.807, 2.05) is 0 Å². The molecule has 0 aliphatic rings. The average molecular weight is 446 g/mol. The molecule has 0 fully saturated rings. The van der Waals surface area contributed by atoms with Gasteiger partial charge in [-0.15, -0.1) is 0 Å². The molecular formula is C18H15Cl2F2N3O4. The molecule has 2 aromatic carbocycles. The van der Waals surface area contributed by atoms with Crippen LogP contribution >= 0.6 is 23.2 Å². The van der Waals surface area contributed by atoms with Gasteiger partial charge in [0.1, 0.15) is 17.7 Å². The summed E-state index contributed by atoms with van der Waals surface area (Å²) in [5.41, 5.74) is 0.0776. The van der Waals surface area contributed by atoms with Gasteiger partial charge < -0.3 is 21.1 Å². The molecule has 0 saturated carbocycles. The molecule has 2 aromatic rings. The van der Waals surface area contributed by atoms with Crippen molar-refractivity contribution in [3.63, 3.8) is 0 Å². The van der Waals surface area contributed by atoms with Crippen molar-refractivity contribution in [3.8, 4) is 0 Å². The van der Waals surface area contributed by atoms with Crippen molar-refractivity contribution in [1.29, 1.82) is 0 Å². The van der Waals surface area contributed by atoms with Gasteiger partial charge in [-0.3, -0.25) is 4.79 Å². The summed E-state index contributed by atoms with van der Waals surface area (Å²) in [5, 5.41) is 16.1. The van der Waals surface area contributed by atoms with E-state index in [-0.39, 0.29) is 27.7 Å². The molecule has 0 bridgehead atoms. The summed E-state index contributed by atoms with van der Waals surface area (Å²) < 4.78 is 26.2. The van der Waals surface area contributed by atoms with Crippen LogP contribution in [-0.4, -0.2) is 35.6 Å². The van der Waals surface area contributed by atoms with Crippen LogP contribution in [0.5, 0.6) is 0 Å². The lowest BCUT2D eigenvalue weighted by molar-refractivity contribution is -0.139. The number of urea groups is 1. The van der Waals surface area contributed by atoms with Crippen molar-refractivity contribution >= 4 is 41.1 Å². The van der Waals surface area contributed by atoms with Crippen LogP contribution in [0.25, 0.3) is 0 Å². The summed E-state index contributed by atoms with van der Waals surface area (Å²) in [7, 11) is 0. The lowest BCUT2D eigenvalue weighted by Crippen LogP contribution is -2.50. The average Bonchev–Trinajstić information content (AvgIpc) is 2.62. The number of nitrogens with one attached hydrogen (secondary N) is 3. The van der Waals surface area contributed by atoms with E-state index in [1.165, 1.54) is 18.2 Å². The first kappa shape index (κ1) is 22.4. The van der Waals surface area contributed by atoms with Crippen molar-refractivity contribution in [2.24, 2.45) is 0 Å². The molecular weight excluding hydrogens is 431 g/mol. The smallest absolute Gasteiger partial charge is 0.328 e. The van der Waals surface area contributed by atoms with Crippen LogP contribution in [0.4, 0.5) is 13.6 Å². The third-order valence-corrected chi connectivity index (χ3v) is 4.27. The van der Waals surface area contributed by atoms with E-state index in [0.29, 0.717) is 6.07 Å². The Morgan fingerprint density at radius 2 is 1.59 bits per heavy atom. The van der Waals surface area contributed by atoms with E-state index in [0.717, 1.165) is 12.1 Å². The Labute approximate surface area is 174 Å². The van der Waals surface area contributed by atoms with Gasteiger partial charge in [-0.1, -0.05) is 29.3 Å². The summed E-state index contributed by atoms with van der Waals surface area (Å²) in [4.78, 5) is 35.5. The van der Waals surface area contributed by atoms with Crippen LogP contribution in [0.15, 0.2) is 36.4 Å². The van der Waals surface area contributed by atoms with Crippen LogP contribution in [0.3, 0.4) is 0 Å². The van der Waals surface area contributed by atoms with E-state index in [4.69, 9.17) is 23.2 Å². The number of hydrogen-bond acceptors (Lipinski definition) is 3. The summed E-state index contributed by atoms with van der Waals surface area (Å²) >= 11 is 11.8. The minimum atomic E-state index is -1.48. The van der Waals surface area contributed by atoms with Gasteiger partial charge in [0.15, 0.2) is 0 Å². The number of hydrogen-bond donors (Lipinski definition) is 4. The van der Waals surface area contributed by atoms with Gasteiger partial charge in [0, 0.05) is 12.6 Å². The lowest BCUT2D eigenvalue weighted by Gasteiger charge is -2.16. The summed E-state index contributed by atoms with van der Waals surface area (Å²) in [6, 6.07) is 4.84. The Hall–Kier alpha value is -2.91. The minimum Gasteiger partial charge on any atom is -0.480 e. The number of rotatable bonds is 7. The van der Waals surface area contributed by atoms with Gasteiger partial charge in [-0.25, -0.2) is 18.4 Å². The SMILES string of the molecule is O=C(NCc1cc(F)cc(F)c1)NC[C@H](NC(=O)c1c(Cl)cccc1Cl)C(=O)O. The van der Waals surface area contributed by atoms with E-state index in [1.54, 1.807) is 0 Å². The zero-order chi connectivity index (χ0) is 21.6.